The Morgan fingerprint density at radius 1 is 1.00 bits per heavy atom. The second-order valence-corrected chi connectivity index (χ2v) is 8.55. The van der Waals surface area contributed by atoms with Gasteiger partial charge in [-0.1, -0.05) is 43.2 Å². The molecule has 1 N–H and O–H groups in total. The summed E-state index contributed by atoms with van der Waals surface area (Å²) in [7, 11) is 0. The number of rotatable bonds is 4. The van der Waals surface area contributed by atoms with E-state index in [0.29, 0.717) is 17.6 Å². The van der Waals surface area contributed by atoms with E-state index in [2.05, 4.69) is 35.2 Å². The molecule has 1 aliphatic heterocycles. The zero-order valence-electron chi connectivity index (χ0n) is 15.4. The Labute approximate surface area is 152 Å². The van der Waals surface area contributed by atoms with Crippen molar-refractivity contribution < 1.29 is 9.84 Å². The summed E-state index contributed by atoms with van der Waals surface area (Å²) >= 11 is 0. The predicted molar refractivity (Wildman–Crippen MR) is 100 cm³/mol. The van der Waals surface area contributed by atoms with Crippen LogP contribution < -0.4 is 0 Å². The Morgan fingerprint density at radius 3 is 2.44 bits per heavy atom. The summed E-state index contributed by atoms with van der Waals surface area (Å²) in [6, 6.07) is 11.1. The maximum atomic E-state index is 10.3. The molecule has 1 saturated heterocycles. The van der Waals surface area contributed by atoms with Crippen molar-refractivity contribution in [1.82, 2.24) is 4.90 Å². The Bertz CT molecular complexity index is 532. The van der Waals surface area contributed by atoms with Crippen LogP contribution in [0.5, 0.6) is 0 Å². The van der Waals surface area contributed by atoms with E-state index in [1.54, 1.807) is 0 Å². The molecule has 25 heavy (non-hydrogen) atoms. The van der Waals surface area contributed by atoms with E-state index < -0.39 is 0 Å². The fourth-order valence-electron chi connectivity index (χ4n) is 5.59. The summed E-state index contributed by atoms with van der Waals surface area (Å²) in [6.45, 7) is 3.01. The molecule has 3 fully saturated rings. The van der Waals surface area contributed by atoms with Gasteiger partial charge in [0.1, 0.15) is 0 Å². The molecule has 2 atom stereocenters. The topological polar surface area (TPSA) is 32.7 Å². The van der Waals surface area contributed by atoms with Crippen molar-refractivity contribution in [1.29, 1.82) is 0 Å². The number of nitrogens with zero attached hydrogens (tertiary/aromatic N) is 1. The van der Waals surface area contributed by atoms with Gasteiger partial charge < -0.3 is 9.84 Å². The van der Waals surface area contributed by atoms with E-state index in [0.717, 1.165) is 45.4 Å². The number of likely N-dealkylation sites (tertiary alicyclic amines) is 1. The molecule has 0 bridgehead atoms. The third-order valence-electron chi connectivity index (χ3n) is 7.02. The molecule has 0 radical (unpaired) electrons. The van der Waals surface area contributed by atoms with Crippen molar-refractivity contribution in [2.45, 2.75) is 82.6 Å². The van der Waals surface area contributed by atoms with Gasteiger partial charge in [0, 0.05) is 19.1 Å². The summed E-state index contributed by atoms with van der Waals surface area (Å²) < 4.78 is 6.17. The van der Waals surface area contributed by atoms with E-state index in [-0.39, 0.29) is 6.10 Å². The molecule has 3 nitrogen and oxygen atoms in total. The highest BCUT2D eigenvalue weighted by Crippen LogP contribution is 2.51. The molecule has 1 aromatic carbocycles. The first kappa shape index (κ1) is 17.5. The molecule has 0 aromatic heterocycles. The lowest BCUT2D eigenvalue weighted by Crippen LogP contribution is -2.54. The van der Waals surface area contributed by atoms with E-state index in [4.69, 9.17) is 4.74 Å². The predicted octanol–water partition coefficient (Wildman–Crippen LogP) is 4.14. The minimum Gasteiger partial charge on any atom is -0.393 e. The Kier molecular flexibility index (Phi) is 5.44. The van der Waals surface area contributed by atoms with Gasteiger partial charge in [0.05, 0.1) is 18.8 Å². The highest BCUT2D eigenvalue weighted by molar-refractivity contribution is 5.13. The number of aliphatic hydroxyl groups excluding tert-OH is 1. The normalized spacial score (nSPS) is 30.8. The molecule has 3 aliphatic rings. The molecule has 4 rings (SSSR count). The summed E-state index contributed by atoms with van der Waals surface area (Å²) in [5.41, 5.74) is 1.78. The molecule has 3 heteroatoms. The molecule has 138 valence electrons. The van der Waals surface area contributed by atoms with Crippen molar-refractivity contribution in [3.63, 3.8) is 0 Å². The van der Waals surface area contributed by atoms with Crippen molar-refractivity contribution in [3.05, 3.63) is 35.9 Å². The van der Waals surface area contributed by atoms with Gasteiger partial charge in [-0.25, -0.2) is 0 Å². The standard InChI is InChI=1S/C22H33NO2/c24-19-8-13-22(11-4-5-12-22)21(16-19)23-14-9-20(10-15-23)25-17-18-6-2-1-3-7-18/h1-3,6-7,19-21,24H,4-5,8-17H2. The second kappa shape index (κ2) is 7.77. The average molecular weight is 344 g/mol. The first-order valence-corrected chi connectivity index (χ1v) is 10.3. The van der Waals surface area contributed by atoms with Crippen molar-refractivity contribution >= 4 is 0 Å². The molecular formula is C22H33NO2. The highest BCUT2D eigenvalue weighted by Gasteiger charge is 2.47. The van der Waals surface area contributed by atoms with E-state index in [9.17, 15) is 5.11 Å². The van der Waals surface area contributed by atoms with Crippen molar-refractivity contribution in [3.8, 4) is 0 Å². The van der Waals surface area contributed by atoms with Gasteiger partial charge in [0.25, 0.3) is 0 Å². The zero-order valence-corrected chi connectivity index (χ0v) is 15.4. The number of piperidine rings is 1. The lowest BCUT2D eigenvalue weighted by molar-refractivity contribution is -0.0619. The minimum absolute atomic E-state index is 0.0803. The first-order valence-electron chi connectivity index (χ1n) is 10.3. The summed E-state index contributed by atoms with van der Waals surface area (Å²) in [5, 5.41) is 10.3. The maximum Gasteiger partial charge on any atom is 0.0720 e. The largest absolute Gasteiger partial charge is 0.393 e. The highest BCUT2D eigenvalue weighted by atomic mass is 16.5. The van der Waals surface area contributed by atoms with E-state index >= 15 is 0 Å². The van der Waals surface area contributed by atoms with Crippen LogP contribution in [0.15, 0.2) is 30.3 Å². The molecule has 2 aliphatic carbocycles. The fraction of sp³-hybridized carbons (Fsp3) is 0.727. The van der Waals surface area contributed by atoms with Gasteiger partial charge in [-0.05, 0) is 55.9 Å². The molecule has 2 unspecified atom stereocenters. The van der Waals surface area contributed by atoms with Crippen LogP contribution >= 0.6 is 0 Å². The van der Waals surface area contributed by atoms with Gasteiger partial charge in [0.2, 0.25) is 0 Å². The molecule has 1 heterocycles. The van der Waals surface area contributed by atoms with Crippen LogP contribution in [-0.2, 0) is 11.3 Å². The number of hydrogen-bond acceptors (Lipinski definition) is 3. The van der Waals surface area contributed by atoms with Crippen molar-refractivity contribution in [2.75, 3.05) is 13.1 Å². The first-order chi connectivity index (χ1) is 12.3. The number of hydrogen-bond donors (Lipinski definition) is 1. The quantitative estimate of drug-likeness (QED) is 0.892. The third kappa shape index (κ3) is 3.94. The zero-order chi connectivity index (χ0) is 17.1. The van der Waals surface area contributed by atoms with E-state index in [1.165, 1.54) is 37.7 Å². The van der Waals surface area contributed by atoms with Gasteiger partial charge in [-0.15, -0.1) is 0 Å². The fourth-order valence-corrected chi connectivity index (χ4v) is 5.59. The van der Waals surface area contributed by atoms with Gasteiger partial charge in [-0.3, -0.25) is 4.90 Å². The van der Waals surface area contributed by atoms with E-state index in [1.807, 2.05) is 0 Å². The van der Waals surface area contributed by atoms with Crippen LogP contribution in [0.25, 0.3) is 0 Å². The van der Waals surface area contributed by atoms with Crippen LogP contribution in [0.1, 0.15) is 63.4 Å². The average Bonchev–Trinajstić information content (AvgIpc) is 3.13. The lowest BCUT2D eigenvalue weighted by atomic mass is 9.67. The summed E-state index contributed by atoms with van der Waals surface area (Å²) in [6.07, 6.45) is 11.4. The molecule has 1 aromatic rings. The summed E-state index contributed by atoms with van der Waals surface area (Å²) in [5.74, 6) is 0. The van der Waals surface area contributed by atoms with Gasteiger partial charge in [0.15, 0.2) is 0 Å². The van der Waals surface area contributed by atoms with Crippen molar-refractivity contribution in [2.24, 2.45) is 5.41 Å². The maximum absolute atomic E-state index is 10.3. The van der Waals surface area contributed by atoms with Gasteiger partial charge in [-0.2, -0.15) is 0 Å². The SMILES string of the molecule is OC1CCC2(CCCC2)C(N2CCC(OCc3ccccc3)CC2)C1. The number of aliphatic hydroxyl groups is 1. The third-order valence-corrected chi connectivity index (χ3v) is 7.02. The number of ether oxygens (including phenoxy) is 1. The Hall–Kier alpha value is -0.900. The number of benzene rings is 1. The van der Waals surface area contributed by atoms with Crippen LogP contribution in [0.4, 0.5) is 0 Å². The molecule has 1 spiro atoms. The van der Waals surface area contributed by atoms with Gasteiger partial charge >= 0.3 is 0 Å². The lowest BCUT2D eigenvalue weighted by Gasteiger charge is -2.50. The molecule has 2 saturated carbocycles. The van der Waals surface area contributed by atoms with Crippen LogP contribution in [0.2, 0.25) is 0 Å². The smallest absolute Gasteiger partial charge is 0.0720 e. The van der Waals surface area contributed by atoms with Crippen LogP contribution in [0.3, 0.4) is 0 Å². The Balaban J connectivity index is 1.31. The summed E-state index contributed by atoms with van der Waals surface area (Å²) in [4.78, 5) is 2.70. The van der Waals surface area contributed by atoms with Crippen LogP contribution in [-0.4, -0.2) is 41.3 Å². The van der Waals surface area contributed by atoms with Crippen LogP contribution in [0, 0.1) is 5.41 Å². The second-order valence-electron chi connectivity index (χ2n) is 8.55. The molecule has 0 amide bonds. The Morgan fingerprint density at radius 2 is 1.72 bits per heavy atom. The minimum atomic E-state index is -0.0803. The monoisotopic (exact) mass is 343 g/mol. The molecular weight excluding hydrogens is 310 g/mol.